The Morgan fingerprint density at radius 1 is 1.27 bits per heavy atom. The molecule has 0 unspecified atom stereocenters. The summed E-state index contributed by atoms with van der Waals surface area (Å²) in [4.78, 5) is 18.8. The van der Waals surface area contributed by atoms with E-state index >= 15 is 0 Å². The maximum absolute atomic E-state index is 12.6. The van der Waals surface area contributed by atoms with Gasteiger partial charge in [0.05, 0.1) is 14.8 Å². The van der Waals surface area contributed by atoms with Crippen LogP contribution in [0, 0.1) is 5.41 Å². The molecule has 2 aromatic heterocycles. The molecule has 0 saturated carbocycles. The fraction of sp³-hybridized carbons (Fsp3) is 0.318. The number of nitrogens with one attached hydrogen (secondary N) is 1. The Morgan fingerprint density at radius 2 is 2.03 bits per heavy atom. The summed E-state index contributed by atoms with van der Waals surface area (Å²) >= 11 is 3.42. The van der Waals surface area contributed by atoms with Crippen molar-refractivity contribution in [3.05, 3.63) is 53.7 Å². The van der Waals surface area contributed by atoms with Crippen molar-refractivity contribution in [1.82, 2.24) is 9.78 Å². The zero-order valence-corrected chi connectivity index (χ0v) is 19.1. The lowest BCUT2D eigenvalue weighted by atomic mass is 9.74. The van der Waals surface area contributed by atoms with Gasteiger partial charge >= 0.3 is 6.03 Å². The highest BCUT2D eigenvalue weighted by molar-refractivity contribution is 8.00. The summed E-state index contributed by atoms with van der Waals surface area (Å²) in [5.74, 6) is 0. The molecule has 0 atom stereocenters. The van der Waals surface area contributed by atoms with Gasteiger partial charge in [0, 0.05) is 17.4 Å². The van der Waals surface area contributed by atoms with Crippen molar-refractivity contribution in [2.24, 2.45) is 10.6 Å². The van der Waals surface area contributed by atoms with Crippen LogP contribution in [0.1, 0.15) is 31.4 Å². The Kier molecular flexibility index (Phi) is 5.71. The van der Waals surface area contributed by atoms with E-state index in [9.17, 15) is 4.79 Å². The molecular weight excluding hydrogens is 416 g/mol. The summed E-state index contributed by atoms with van der Waals surface area (Å²) in [7, 11) is 1.59. The average molecular weight is 441 g/mol. The first-order chi connectivity index (χ1) is 14.4. The van der Waals surface area contributed by atoms with Crippen LogP contribution in [0.5, 0.6) is 0 Å². The third kappa shape index (κ3) is 4.02. The van der Waals surface area contributed by atoms with E-state index in [2.05, 4.69) is 35.7 Å². The lowest BCUT2D eigenvalue weighted by Gasteiger charge is -2.31. The number of oxime groups is 1. The van der Waals surface area contributed by atoms with E-state index in [0.717, 1.165) is 34.8 Å². The number of carbonyl (C=O) groups is 1. The van der Waals surface area contributed by atoms with Crippen molar-refractivity contribution >= 4 is 40.5 Å². The summed E-state index contributed by atoms with van der Waals surface area (Å²) in [6.07, 6.45) is 5.58. The minimum atomic E-state index is -0.287. The zero-order chi connectivity index (χ0) is 21.3. The van der Waals surface area contributed by atoms with Crippen LogP contribution in [-0.2, 0) is 11.3 Å². The third-order valence-corrected chi connectivity index (χ3v) is 7.38. The van der Waals surface area contributed by atoms with Gasteiger partial charge in [0.25, 0.3) is 0 Å². The maximum Gasteiger partial charge on any atom is 0.346 e. The Bertz CT molecular complexity index is 1100. The molecule has 1 aliphatic carbocycles. The van der Waals surface area contributed by atoms with Crippen molar-refractivity contribution in [1.29, 1.82) is 0 Å². The fourth-order valence-electron chi connectivity index (χ4n) is 3.78. The molecule has 0 saturated heterocycles. The molecule has 30 heavy (non-hydrogen) atoms. The van der Waals surface area contributed by atoms with Gasteiger partial charge in [-0.05, 0) is 48.3 Å². The molecule has 0 fully saturated rings. The predicted molar refractivity (Wildman–Crippen MR) is 124 cm³/mol. The van der Waals surface area contributed by atoms with E-state index in [-0.39, 0.29) is 11.4 Å². The van der Waals surface area contributed by atoms with Gasteiger partial charge in [-0.25, -0.2) is 4.79 Å². The van der Waals surface area contributed by atoms with E-state index in [1.165, 1.54) is 20.0 Å². The molecule has 3 aromatic rings. The van der Waals surface area contributed by atoms with Gasteiger partial charge in [0.15, 0.2) is 0 Å². The summed E-state index contributed by atoms with van der Waals surface area (Å²) < 4.78 is 2.56. The Balaban J connectivity index is 1.71. The monoisotopic (exact) mass is 440 g/mol. The number of carbonyl (C=O) groups excluding carboxylic acids is 1. The van der Waals surface area contributed by atoms with Gasteiger partial charge in [-0.15, -0.1) is 23.1 Å². The Hall–Kier alpha value is -2.58. The number of benzene rings is 1. The molecule has 0 aliphatic heterocycles. The second-order valence-electron chi connectivity index (χ2n) is 7.96. The van der Waals surface area contributed by atoms with Crippen LogP contribution in [0.2, 0.25) is 0 Å². The number of nitrogens with zero attached hydrogens (tertiary/aromatic N) is 3. The second-order valence-corrected chi connectivity index (χ2v) is 10.1. The second kappa shape index (κ2) is 8.28. The van der Waals surface area contributed by atoms with Crippen molar-refractivity contribution < 1.29 is 9.63 Å². The minimum absolute atomic E-state index is 0.0725. The SMILES string of the molecule is CO/N=C1\CC(C)(C)Cc2c(-c3ccn(C(=O)Nc4ccccc4)n3)sc(SC)c21. The summed E-state index contributed by atoms with van der Waals surface area (Å²) in [6.45, 7) is 4.49. The molecule has 156 valence electrons. The first-order valence-corrected chi connectivity index (χ1v) is 11.7. The number of anilines is 1. The van der Waals surface area contributed by atoms with Crippen molar-refractivity contribution in [2.75, 3.05) is 18.7 Å². The van der Waals surface area contributed by atoms with Crippen LogP contribution in [0.15, 0.2) is 52.0 Å². The first-order valence-electron chi connectivity index (χ1n) is 9.64. The normalized spacial score (nSPS) is 16.3. The summed E-state index contributed by atoms with van der Waals surface area (Å²) in [5, 5.41) is 11.8. The van der Waals surface area contributed by atoms with E-state index < -0.39 is 0 Å². The van der Waals surface area contributed by atoms with Crippen LogP contribution < -0.4 is 5.32 Å². The smallest absolute Gasteiger partial charge is 0.346 e. The third-order valence-electron chi connectivity index (χ3n) is 5.01. The standard InChI is InChI=1S/C22H24N4O2S2/c1-22(2)12-15-18(17(13-22)25-28-3)20(29-4)30-19(15)16-10-11-26(24-16)21(27)23-14-8-6-5-7-9-14/h5-11H,12-13H2,1-4H3,(H,23,27)/b25-17+. The molecule has 4 rings (SSSR count). The number of fused-ring (bicyclic) bond motifs is 1. The highest BCUT2D eigenvalue weighted by Crippen LogP contribution is 2.48. The Labute approximate surface area is 184 Å². The van der Waals surface area contributed by atoms with Gasteiger partial charge in [-0.3, -0.25) is 0 Å². The average Bonchev–Trinajstić information content (AvgIpc) is 3.33. The molecule has 1 N–H and O–H groups in total. The van der Waals surface area contributed by atoms with Crippen molar-refractivity contribution in [3.8, 4) is 10.6 Å². The molecule has 6 nitrogen and oxygen atoms in total. The number of para-hydroxylation sites is 1. The number of rotatable bonds is 4. The van der Waals surface area contributed by atoms with Gasteiger partial charge in [-0.2, -0.15) is 9.78 Å². The van der Waals surface area contributed by atoms with Crippen LogP contribution in [0.4, 0.5) is 10.5 Å². The van der Waals surface area contributed by atoms with Gasteiger partial charge in [0.1, 0.15) is 12.8 Å². The van der Waals surface area contributed by atoms with E-state index in [1.807, 2.05) is 36.4 Å². The van der Waals surface area contributed by atoms with E-state index in [1.54, 1.807) is 36.4 Å². The maximum atomic E-state index is 12.6. The predicted octanol–water partition coefficient (Wildman–Crippen LogP) is 5.74. The molecule has 1 aliphatic rings. The van der Waals surface area contributed by atoms with Crippen molar-refractivity contribution in [2.45, 2.75) is 30.9 Å². The van der Waals surface area contributed by atoms with Crippen LogP contribution >= 0.6 is 23.1 Å². The molecule has 0 spiro atoms. The Morgan fingerprint density at radius 3 is 2.73 bits per heavy atom. The van der Waals surface area contributed by atoms with Crippen LogP contribution in [-0.4, -0.2) is 34.9 Å². The molecule has 1 amide bonds. The molecule has 0 radical (unpaired) electrons. The topological polar surface area (TPSA) is 68.5 Å². The van der Waals surface area contributed by atoms with E-state index in [4.69, 9.17) is 4.84 Å². The minimum Gasteiger partial charge on any atom is -0.399 e. The molecular formula is C22H24N4O2S2. The molecule has 8 heteroatoms. The summed E-state index contributed by atoms with van der Waals surface area (Å²) in [5.41, 5.74) is 5.01. The quantitative estimate of drug-likeness (QED) is 0.415. The van der Waals surface area contributed by atoms with Gasteiger partial charge in [0.2, 0.25) is 0 Å². The lowest BCUT2D eigenvalue weighted by Crippen LogP contribution is -2.27. The largest absolute Gasteiger partial charge is 0.399 e. The number of aromatic nitrogens is 2. The number of thiophene rings is 1. The van der Waals surface area contributed by atoms with Gasteiger partial charge in [-0.1, -0.05) is 37.2 Å². The van der Waals surface area contributed by atoms with E-state index in [0.29, 0.717) is 0 Å². The summed E-state index contributed by atoms with van der Waals surface area (Å²) in [6, 6.07) is 11.0. The zero-order valence-electron chi connectivity index (χ0n) is 17.4. The van der Waals surface area contributed by atoms with Crippen molar-refractivity contribution in [3.63, 3.8) is 0 Å². The number of hydrogen-bond acceptors (Lipinski definition) is 6. The first kappa shape index (κ1) is 20.7. The number of hydrogen-bond donors (Lipinski definition) is 1. The lowest BCUT2D eigenvalue weighted by molar-refractivity contribution is 0.210. The highest BCUT2D eigenvalue weighted by atomic mass is 32.2. The molecule has 1 aromatic carbocycles. The molecule has 0 bridgehead atoms. The highest BCUT2D eigenvalue weighted by Gasteiger charge is 2.36. The molecule has 2 heterocycles. The van der Waals surface area contributed by atoms with Crippen LogP contribution in [0.25, 0.3) is 10.6 Å². The fourth-order valence-corrected chi connectivity index (χ4v) is 5.85. The number of thioether (sulfide) groups is 1. The van der Waals surface area contributed by atoms with Crippen LogP contribution in [0.3, 0.4) is 0 Å². The number of amides is 1. The van der Waals surface area contributed by atoms with Gasteiger partial charge < -0.3 is 10.2 Å².